The van der Waals surface area contributed by atoms with Crippen LogP contribution >= 0.6 is 15.9 Å². The molecule has 0 unspecified atom stereocenters. The zero-order valence-electron chi connectivity index (χ0n) is 5.47. The van der Waals surface area contributed by atoms with Crippen molar-refractivity contribution in [2.24, 2.45) is 0 Å². The average molecular weight is 188 g/mol. The van der Waals surface area contributed by atoms with Crippen LogP contribution in [-0.4, -0.2) is 4.57 Å². The highest BCUT2D eigenvalue weighted by atomic mass is 79.9. The van der Waals surface area contributed by atoms with Gasteiger partial charge in [0.2, 0.25) is 0 Å². The first-order valence-electron chi connectivity index (χ1n) is 3.08. The third-order valence-electron chi connectivity index (χ3n) is 1.40. The summed E-state index contributed by atoms with van der Waals surface area (Å²) >= 11 is 3.41. The minimum atomic E-state index is 0.952. The molecule has 0 aliphatic rings. The molecular formula is C7H10BrN. The standard InChI is InChI=1S/C7H10BrN/c1-2-9-5-3-4-7(9)6-8/h3-5H,2,6H2,1H3. The van der Waals surface area contributed by atoms with Crippen LogP contribution in [0.25, 0.3) is 0 Å². The van der Waals surface area contributed by atoms with E-state index >= 15 is 0 Å². The Morgan fingerprint density at radius 2 is 2.44 bits per heavy atom. The summed E-state index contributed by atoms with van der Waals surface area (Å²) in [5.74, 6) is 0. The van der Waals surface area contributed by atoms with Crippen molar-refractivity contribution in [1.29, 1.82) is 0 Å². The largest absolute Gasteiger partial charge is 0.351 e. The molecule has 1 aromatic rings. The first-order chi connectivity index (χ1) is 4.38. The highest BCUT2D eigenvalue weighted by molar-refractivity contribution is 9.08. The molecule has 0 amide bonds. The summed E-state index contributed by atoms with van der Waals surface area (Å²) in [6, 6.07) is 4.19. The molecule has 0 saturated heterocycles. The maximum absolute atomic E-state index is 3.41. The number of alkyl halides is 1. The molecule has 0 radical (unpaired) electrons. The van der Waals surface area contributed by atoms with Crippen molar-refractivity contribution in [3.63, 3.8) is 0 Å². The Bertz CT molecular complexity index is 162. The van der Waals surface area contributed by atoms with Crippen molar-refractivity contribution >= 4 is 15.9 Å². The fourth-order valence-electron chi connectivity index (χ4n) is 0.879. The minimum Gasteiger partial charge on any atom is -0.351 e. The molecule has 2 heteroatoms. The van der Waals surface area contributed by atoms with Gasteiger partial charge in [-0.05, 0) is 19.1 Å². The second kappa shape index (κ2) is 3.06. The van der Waals surface area contributed by atoms with Gasteiger partial charge in [-0.2, -0.15) is 0 Å². The lowest BCUT2D eigenvalue weighted by molar-refractivity contribution is 0.740. The fourth-order valence-corrected chi connectivity index (χ4v) is 1.39. The molecule has 0 bridgehead atoms. The molecule has 0 N–H and O–H groups in total. The molecule has 0 fully saturated rings. The summed E-state index contributed by atoms with van der Waals surface area (Å²) in [7, 11) is 0. The van der Waals surface area contributed by atoms with Crippen LogP contribution < -0.4 is 0 Å². The van der Waals surface area contributed by atoms with E-state index < -0.39 is 0 Å². The van der Waals surface area contributed by atoms with E-state index in [1.165, 1.54) is 5.69 Å². The molecule has 1 nitrogen and oxygen atoms in total. The van der Waals surface area contributed by atoms with Gasteiger partial charge in [-0.3, -0.25) is 0 Å². The molecule has 9 heavy (non-hydrogen) atoms. The van der Waals surface area contributed by atoms with Crippen molar-refractivity contribution in [3.8, 4) is 0 Å². The van der Waals surface area contributed by atoms with Gasteiger partial charge in [0.15, 0.2) is 0 Å². The van der Waals surface area contributed by atoms with Gasteiger partial charge in [-0.1, -0.05) is 15.9 Å². The Kier molecular flexibility index (Phi) is 2.34. The number of nitrogens with zero attached hydrogens (tertiary/aromatic N) is 1. The molecular weight excluding hydrogens is 178 g/mol. The second-order valence-corrected chi connectivity index (χ2v) is 2.48. The number of rotatable bonds is 2. The van der Waals surface area contributed by atoms with E-state index in [1.54, 1.807) is 0 Å². The topological polar surface area (TPSA) is 4.93 Å². The molecule has 50 valence electrons. The van der Waals surface area contributed by atoms with Gasteiger partial charge in [0.05, 0.1) is 0 Å². The van der Waals surface area contributed by atoms with Gasteiger partial charge < -0.3 is 4.57 Å². The third-order valence-corrected chi connectivity index (χ3v) is 1.98. The first kappa shape index (κ1) is 6.87. The minimum absolute atomic E-state index is 0.952. The van der Waals surface area contributed by atoms with Crippen molar-refractivity contribution in [2.75, 3.05) is 0 Å². The second-order valence-electron chi connectivity index (χ2n) is 1.92. The zero-order valence-corrected chi connectivity index (χ0v) is 7.06. The van der Waals surface area contributed by atoms with Crippen LogP contribution in [0.5, 0.6) is 0 Å². The fraction of sp³-hybridized carbons (Fsp3) is 0.429. The summed E-state index contributed by atoms with van der Waals surface area (Å²) in [5.41, 5.74) is 1.34. The van der Waals surface area contributed by atoms with Crippen molar-refractivity contribution in [3.05, 3.63) is 24.0 Å². The summed E-state index contributed by atoms with van der Waals surface area (Å²) in [4.78, 5) is 0. The maximum atomic E-state index is 3.41. The lowest BCUT2D eigenvalue weighted by Crippen LogP contribution is -1.95. The lowest BCUT2D eigenvalue weighted by atomic mass is 10.5. The summed E-state index contributed by atoms with van der Waals surface area (Å²) in [6.07, 6.45) is 2.09. The molecule has 1 rings (SSSR count). The van der Waals surface area contributed by atoms with Crippen molar-refractivity contribution in [1.82, 2.24) is 4.57 Å². The Morgan fingerprint density at radius 3 is 2.89 bits per heavy atom. The van der Waals surface area contributed by atoms with Crippen LogP contribution in [0.4, 0.5) is 0 Å². The molecule has 1 aromatic heterocycles. The zero-order chi connectivity index (χ0) is 6.69. The smallest absolute Gasteiger partial charge is 0.0436 e. The summed E-state index contributed by atoms with van der Waals surface area (Å²) in [6.45, 7) is 3.21. The van der Waals surface area contributed by atoms with Crippen LogP contribution in [0.1, 0.15) is 12.6 Å². The Balaban J connectivity index is 2.85. The molecule has 0 aliphatic carbocycles. The van der Waals surface area contributed by atoms with Gasteiger partial charge in [0, 0.05) is 23.8 Å². The maximum Gasteiger partial charge on any atom is 0.0436 e. The highest BCUT2D eigenvalue weighted by Gasteiger charge is 1.93. The highest BCUT2D eigenvalue weighted by Crippen LogP contribution is 2.05. The monoisotopic (exact) mass is 187 g/mol. The van der Waals surface area contributed by atoms with E-state index in [0.717, 1.165) is 11.9 Å². The van der Waals surface area contributed by atoms with Crippen LogP contribution in [0.15, 0.2) is 18.3 Å². The average Bonchev–Trinajstić information content (AvgIpc) is 2.33. The molecule has 0 aromatic carbocycles. The molecule has 0 atom stereocenters. The number of aromatic nitrogens is 1. The quantitative estimate of drug-likeness (QED) is 0.628. The van der Waals surface area contributed by atoms with E-state index in [1.807, 2.05) is 0 Å². The van der Waals surface area contributed by atoms with Crippen LogP contribution in [0, 0.1) is 0 Å². The van der Waals surface area contributed by atoms with Crippen LogP contribution in [0.2, 0.25) is 0 Å². The Labute approximate surface area is 63.8 Å². The SMILES string of the molecule is CCn1cccc1CBr. The molecule has 0 saturated carbocycles. The van der Waals surface area contributed by atoms with E-state index in [9.17, 15) is 0 Å². The van der Waals surface area contributed by atoms with E-state index in [0.29, 0.717) is 0 Å². The Hall–Kier alpha value is -0.240. The predicted molar refractivity (Wildman–Crippen MR) is 42.7 cm³/mol. The Morgan fingerprint density at radius 1 is 1.67 bits per heavy atom. The first-order valence-corrected chi connectivity index (χ1v) is 4.20. The van der Waals surface area contributed by atoms with Gasteiger partial charge >= 0.3 is 0 Å². The third kappa shape index (κ3) is 1.36. The summed E-state index contributed by atoms with van der Waals surface area (Å²) in [5, 5.41) is 0.952. The van der Waals surface area contributed by atoms with E-state index in [-0.39, 0.29) is 0 Å². The van der Waals surface area contributed by atoms with Gasteiger partial charge in [-0.25, -0.2) is 0 Å². The summed E-state index contributed by atoms with van der Waals surface area (Å²) < 4.78 is 2.22. The van der Waals surface area contributed by atoms with Crippen LogP contribution in [-0.2, 0) is 11.9 Å². The number of halogens is 1. The molecule has 0 aliphatic heterocycles. The number of aryl methyl sites for hydroxylation is 1. The normalized spacial score (nSPS) is 10.0. The lowest BCUT2D eigenvalue weighted by Gasteiger charge is -2.00. The molecule has 1 heterocycles. The van der Waals surface area contributed by atoms with Gasteiger partial charge in [-0.15, -0.1) is 0 Å². The predicted octanol–water partition coefficient (Wildman–Crippen LogP) is 2.40. The van der Waals surface area contributed by atoms with Crippen LogP contribution in [0.3, 0.4) is 0 Å². The number of hydrogen-bond acceptors (Lipinski definition) is 0. The molecule has 0 spiro atoms. The van der Waals surface area contributed by atoms with Crippen molar-refractivity contribution in [2.45, 2.75) is 18.8 Å². The van der Waals surface area contributed by atoms with E-state index in [2.05, 4.69) is 45.8 Å². The van der Waals surface area contributed by atoms with E-state index in [4.69, 9.17) is 0 Å². The van der Waals surface area contributed by atoms with Crippen molar-refractivity contribution < 1.29 is 0 Å². The van der Waals surface area contributed by atoms with Gasteiger partial charge in [0.1, 0.15) is 0 Å². The van der Waals surface area contributed by atoms with Gasteiger partial charge in [0.25, 0.3) is 0 Å². The number of hydrogen-bond donors (Lipinski definition) is 0.